The number of hydrogen-bond donors (Lipinski definition) is 1. The Morgan fingerprint density at radius 3 is 2.26 bits per heavy atom. The smallest absolute Gasteiger partial charge is 0.228 e. The standard InChI is InChI=1S/C26H21Br2N3O2S/c1-16-25(23-15-24(31(30-23)34(2,32)33)17-8-10-19(27)11-9-17)26(18-6-4-3-5-7-18)21-14-20(28)12-13-22(21)29-16/h3-15,24,30H,1-2H3/t24-/m0/s1. The molecule has 0 saturated carbocycles. The molecule has 8 heteroatoms. The van der Waals surface area contributed by atoms with E-state index >= 15 is 0 Å². The van der Waals surface area contributed by atoms with Gasteiger partial charge in [0.05, 0.1) is 23.5 Å². The molecule has 1 aromatic heterocycles. The predicted molar refractivity (Wildman–Crippen MR) is 144 cm³/mol. The van der Waals surface area contributed by atoms with Crippen LogP contribution in [0.15, 0.2) is 87.8 Å². The SMILES string of the molecule is Cc1nc2ccc(Br)cc2c(-c2ccccc2)c1C1=C[C@@H](c2ccc(Br)cc2)N(S(C)(=O)=O)N1. The van der Waals surface area contributed by atoms with Crippen molar-refractivity contribution in [2.75, 3.05) is 6.26 Å². The van der Waals surface area contributed by atoms with Crippen LogP contribution in [0.25, 0.3) is 27.7 Å². The predicted octanol–water partition coefficient (Wildman–Crippen LogP) is 6.60. The third kappa shape index (κ3) is 4.31. The van der Waals surface area contributed by atoms with Gasteiger partial charge in [0.1, 0.15) is 0 Å². The van der Waals surface area contributed by atoms with Crippen LogP contribution in [-0.2, 0) is 10.0 Å². The van der Waals surface area contributed by atoms with Crippen LogP contribution in [0.5, 0.6) is 0 Å². The minimum atomic E-state index is -3.56. The van der Waals surface area contributed by atoms with Gasteiger partial charge in [-0.05, 0) is 54.5 Å². The molecule has 0 aliphatic carbocycles. The van der Waals surface area contributed by atoms with Crippen molar-refractivity contribution in [3.63, 3.8) is 0 Å². The topological polar surface area (TPSA) is 62.3 Å². The summed E-state index contributed by atoms with van der Waals surface area (Å²) in [6, 6.07) is 23.3. The molecule has 0 bridgehead atoms. The summed E-state index contributed by atoms with van der Waals surface area (Å²) in [5.41, 5.74) is 9.38. The molecule has 0 unspecified atom stereocenters. The van der Waals surface area contributed by atoms with Crippen LogP contribution >= 0.6 is 31.9 Å². The number of nitrogens with zero attached hydrogens (tertiary/aromatic N) is 2. The van der Waals surface area contributed by atoms with E-state index in [-0.39, 0.29) is 0 Å². The number of rotatable bonds is 4. The molecule has 3 aromatic carbocycles. The molecule has 2 heterocycles. The number of halogens is 2. The van der Waals surface area contributed by atoms with E-state index in [0.29, 0.717) is 5.70 Å². The maximum atomic E-state index is 12.8. The number of pyridine rings is 1. The largest absolute Gasteiger partial charge is 0.304 e. The van der Waals surface area contributed by atoms with Crippen molar-refractivity contribution in [1.82, 2.24) is 14.8 Å². The molecule has 5 nitrogen and oxygen atoms in total. The van der Waals surface area contributed by atoms with Crippen molar-refractivity contribution >= 4 is 58.5 Å². The molecule has 0 amide bonds. The van der Waals surface area contributed by atoms with E-state index in [1.165, 1.54) is 10.7 Å². The van der Waals surface area contributed by atoms with Gasteiger partial charge in [0.25, 0.3) is 0 Å². The molecule has 4 aromatic rings. The van der Waals surface area contributed by atoms with Gasteiger partial charge in [-0.1, -0.05) is 74.3 Å². The molecule has 1 aliphatic heterocycles. The van der Waals surface area contributed by atoms with E-state index in [4.69, 9.17) is 4.98 Å². The van der Waals surface area contributed by atoms with E-state index in [1.807, 2.05) is 67.6 Å². The first kappa shape index (κ1) is 23.2. The fourth-order valence-corrected chi connectivity index (χ4v) is 5.85. The highest BCUT2D eigenvalue weighted by atomic mass is 79.9. The fraction of sp³-hybridized carbons (Fsp3) is 0.115. The minimum absolute atomic E-state index is 0.487. The van der Waals surface area contributed by atoms with Gasteiger partial charge in [-0.3, -0.25) is 4.98 Å². The molecule has 0 spiro atoms. The van der Waals surface area contributed by atoms with Crippen LogP contribution in [0.3, 0.4) is 0 Å². The molecule has 0 fully saturated rings. The highest BCUT2D eigenvalue weighted by Crippen LogP contribution is 2.41. The van der Waals surface area contributed by atoms with Crippen molar-refractivity contribution in [3.05, 3.63) is 105 Å². The highest BCUT2D eigenvalue weighted by molar-refractivity contribution is 9.10. The first-order chi connectivity index (χ1) is 16.2. The lowest BCUT2D eigenvalue weighted by Gasteiger charge is -2.24. The molecular formula is C26H21Br2N3O2S. The minimum Gasteiger partial charge on any atom is -0.304 e. The average Bonchev–Trinajstić information content (AvgIpc) is 3.25. The van der Waals surface area contributed by atoms with Gasteiger partial charge < -0.3 is 5.43 Å². The Balaban J connectivity index is 1.78. The van der Waals surface area contributed by atoms with Gasteiger partial charge in [0.15, 0.2) is 0 Å². The van der Waals surface area contributed by atoms with Crippen molar-refractivity contribution in [3.8, 4) is 11.1 Å². The maximum absolute atomic E-state index is 12.8. The molecule has 0 radical (unpaired) electrons. The number of nitrogens with one attached hydrogen (secondary N) is 1. The third-order valence-electron chi connectivity index (χ3n) is 5.84. The zero-order valence-corrected chi connectivity index (χ0v) is 22.4. The van der Waals surface area contributed by atoms with Crippen molar-refractivity contribution in [2.24, 2.45) is 0 Å². The number of sulfonamides is 1. The summed E-state index contributed by atoms with van der Waals surface area (Å²) < 4.78 is 28.7. The van der Waals surface area contributed by atoms with Crippen LogP contribution < -0.4 is 5.43 Å². The fourth-order valence-electron chi connectivity index (χ4n) is 4.36. The van der Waals surface area contributed by atoms with E-state index in [2.05, 4.69) is 55.5 Å². The first-order valence-electron chi connectivity index (χ1n) is 10.6. The van der Waals surface area contributed by atoms with Gasteiger partial charge in [-0.15, -0.1) is 4.41 Å². The lowest BCUT2D eigenvalue weighted by molar-refractivity contribution is 0.351. The van der Waals surface area contributed by atoms with Crippen LogP contribution in [-0.4, -0.2) is 24.1 Å². The summed E-state index contributed by atoms with van der Waals surface area (Å²) >= 11 is 7.05. The molecule has 34 heavy (non-hydrogen) atoms. The van der Waals surface area contributed by atoms with Gasteiger partial charge in [-0.25, -0.2) is 8.42 Å². The number of aromatic nitrogens is 1. The van der Waals surface area contributed by atoms with E-state index in [0.717, 1.165) is 47.8 Å². The molecule has 1 N–H and O–H groups in total. The summed E-state index contributed by atoms with van der Waals surface area (Å²) in [6.45, 7) is 1.96. The maximum Gasteiger partial charge on any atom is 0.228 e. The zero-order valence-electron chi connectivity index (χ0n) is 18.5. The number of hydrogen-bond acceptors (Lipinski definition) is 4. The Labute approximate surface area is 215 Å². The van der Waals surface area contributed by atoms with Crippen LogP contribution in [0.1, 0.15) is 22.9 Å². The summed E-state index contributed by atoms with van der Waals surface area (Å²) in [6.07, 6.45) is 3.17. The zero-order chi connectivity index (χ0) is 24.0. The average molecular weight is 599 g/mol. The van der Waals surface area contributed by atoms with Crippen molar-refractivity contribution < 1.29 is 8.42 Å². The molecule has 172 valence electrons. The molecule has 1 aliphatic rings. The van der Waals surface area contributed by atoms with Gasteiger partial charge in [0.2, 0.25) is 10.0 Å². The van der Waals surface area contributed by atoms with E-state index < -0.39 is 16.1 Å². The van der Waals surface area contributed by atoms with Gasteiger partial charge in [-0.2, -0.15) is 0 Å². The Morgan fingerprint density at radius 2 is 1.59 bits per heavy atom. The second-order valence-corrected chi connectivity index (χ2v) is 11.9. The Bertz CT molecular complexity index is 1540. The summed E-state index contributed by atoms with van der Waals surface area (Å²) in [7, 11) is -3.56. The molecule has 5 rings (SSSR count). The van der Waals surface area contributed by atoms with E-state index in [1.54, 1.807) is 0 Å². The van der Waals surface area contributed by atoms with Gasteiger partial charge in [0, 0.05) is 31.2 Å². The Hall–Kier alpha value is -2.52. The Kier molecular flexibility index (Phi) is 6.10. The number of benzene rings is 3. The molecule has 1 atom stereocenters. The summed E-state index contributed by atoms with van der Waals surface area (Å²) in [4.78, 5) is 4.87. The number of hydrazine groups is 1. The highest BCUT2D eigenvalue weighted by Gasteiger charge is 2.35. The number of fused-ring (bicyclic) bond motifs is 1. The Morgan fingerprint density at radius 1 is 0.912 bits per heavy atom. The molecular weight excluding hydrogens is 578 g/mol. The second-order valence-electron chi connectivity index (χ2n) is 8.22. The lowest BCUT2D eigenvalue weighted by Crippen LogP contribution is -2.38. The van der Waals surface area contributed by atoms with E-state index in [9.17, 15) is 8.42 Å². The second kappa shape index (κ2) is 8.92. The normalized spacial score (nSPS) is 16.5. The van der Waals surface area contributed by atoms with Crippen LogP contribution in [0.2, 0.25) is 0 Å². The monoisotopic (exact) mass is 597 g/mol. The summed E-state index contributed by atoms with van der Waals surface area (Å²) in [5.74, 6) is 0. The lowest BCUT2D eigenvalue weighted by atomic mass is 9.92. The first-order valence-corrected chi connectivity index (χ1v) is 14.0. The van der Waals surface area contributed by atoms with Crippen LogP contribution in [0.4, 0.5) is 0 Å². The summed E-state index contributed by atoms with van der Waals surface area (Å²) in [5, 5.41) is 0.988. The van der Waals surface area contributed by atoms with Crippen molar-refractivity contribution in [1.29, 1.82) is 0 Å². The van der Waals surface area contributed by atoms with Crippen LogP contribution in [0, 0.1) is 6.92 Å². The number of aryl methyl sites for hydroxylation is 1. The third-order valence-corrected chi connectivity index (χ3v) is 7.89. The van der Waals surface area contributed by atoms with Crippen molar-refractivity contribution in [2.45, 2.75) is 13.0 Å². The van der Waals surface area contributed by atoms with Gasteiger partial charge >= 0.3 is 0 Å². The quantitative estimate of drug-likeness (QED) is 0.288. The molecule has 0 saturated heterocycles.